The molecule has 2 heterocycles. The van der Waals surface area contributed by atoms with Crippen LogP contribution in [0.1, 0.15) is 26.7 Å². The number of rotatable bonds is 5. The van der Waals surface area contributed by atoms with Crippen molar-refractivity contribution in [1.82, 2.24) is 9.80 Å². The maximum absolute atomic E-state index is 12.8. The Morgan fingerprint density at radius 3 is 2.27 bits per heavy atom. The number of hydrogen-bond acceptors (Lipinski definition) is 4. The van der Waals surface area contributed by atoms with Crippen LogP contribution < -0.4 is 10.5 Å². The molecule has 2 aliphatic rings. The molecule has 142 valence electrons. The zero-order valence-corrected chi connectivity index (χ0v) is 16.0. The van der Waals surface area contributed by atoms with Crippen LogP contribution in [0.15, 0.2) is 24.3 Å². The first kappa shape index (κ1) is 19.0. The molecular formula is C19H26ClN3O3. The molecular weight excluding hydrogens is 354 g/mol. The van der Waals surface area contributed by atoms with Crippen LogP contribution in [0.5, 0.6) is 5.75 Å². The number of nitrogens with two attached hydrogens (primary N) is 1. The number of piperidine rings is 1. The lowest BCUT2D eigenvalue weighted by Crippen LogP contribution is -2.65. The molecule has 0 spiro atoms. The topological polar surface area (TPSA) is 75.9 Å². The Bertz CT molecular complexity index is 663. The normalized spacial score (nSPS) is 19.9. The molecule has 0 aromatic heterocycles. The largest absolute Gasteiger partial charge is 0.478 e. The Morgan fingerprint density at radius 1 is 1.15 bits per heavy atom. The van der Waals surface area contributed by atoms with Gasteiger partial charge >= 0.3 is 0 Å². The smallest absolute Gasteiger partial charge is 0.266 e. The standard InChI is InChI=1S/C19H26ClN3O3/c1-19(2,26-16-5-3-14(20)4-6-16)18(25)23-11-15(12-23)22-9-7-13(8-10-22)17(21)24/h3-6,13,15H,7-12H2,1-2H3,(H2,21,24). The van der Waals surface area contributed by atoms with Crippen molar-refractivity contribution in [3.8, 4) is 5.75 Å². The van der Waals surface area contributed by atoms with Gasteiger partial charge in [-0.15, -0.1) is 0 Å². The fraction of sp³-hybridized carbons (Fsp3) is 0.579. The number of carbonyl (C=O) groups excluding carboxylic acids is 2. The lowest BCUT2D eigenvalue weighted by atomic mass is 9.93. The highest BCUT2D eigenvalue weighted by atomic mass is 35.5. The summed E-state index contributed by atoms with van der Waals surface area (Å²) in [4.78, 5) is 28.2. The minimum absolute atomic E-state index is 0.00392. The third kappa shape index (κ3) is 4.13. The molecule has 2 amide bonds. The Hall–Kier alpha value is -1.79. The monoisotopic (exact) mass is 379 g/mol. The number of nitrogens with zero attached hydrogens (tertiary/aromatic N) is 2. The van der Waals surface area contributed by atoms with Crippen LogP contribution in [0, 0.1) is 5.92 Å². The van der Waals surface area contributed by atoms with E-state index in [2.05, 4.69) is 4.90 Å². The Labute approximate surface area is 159 Å². The number of hydrogen-bond donors (Lipinski definition) is 1. The van der Waals surface area contributed by atoms with Gasteiger partial charge in [-0.1, -0.05) is 11.6 Å². The first-order valence-corrected chi connectivity index (χ1v) is 9.41. The highest BCUT2D eigenvalue weighted by Gasteiger charge is 2.42. The number of likely N-dealkylation sites (tertiary alicyclic amines) is 2. The van der Waals surface area contributed by atoms with Crippen molar-refractivity contribution in [1.29, 1.82) is 0 Å². The first-order valence-electron chi connectivity index (χ1n) is 9.03. The van der Waals surface area contributed by atoms with E-state index in [1.807, 2.05) is 4.90 Å². The molecule has 26 heavy (non-hydrogen) atoms. The molecule has 1 aromatic rings. The van der Waals surface area contributed by atoms with E-state index in [1.54, 1.807) is 38.1 Å². The van der Waals surface area contributed by atoms with Crippen LogP contribution in [0.4, 0.5) is 0 Å². The number of carbonyl (C=O) groups is 2. The molecule has 3 rings (SSSR count). The molecule has 0 unspecified atom stereocenters. The van der Waals surface area contributed by atoms with Gasteiger partial charge in [0.1, 0.15) is 5.75 Å². The second kappa shape index (κ2) is 7.45. The van der Waals surface area contributed by atoms with E-state index in [-0.39, 0.29) is 17.7 Å². The SMILES string of the molecule is CC(C)(Oc1ccc(Cl)cc1)C(=O)N1CC(N2CCC(C(N)=O)CC2)C1. The summed E-state index contributed by atoms with van der Waals surface area (Å²) >= 11 is 5.88. The quantitative estimate of drug-likeness (QED) is 0.847. The Morgan fingerprint density at radius 2 is 1.73 bits per heavy atom. The van der Waals surface area contributed by atoms with E-state index in [0.717, 1.165) is 25.9 Å². The minimum Gasteiger partial charge on any atom is -0.478 e. The zero-order valence-electron chi connectivity index (χ0n) is 15.3. The van der Waals surface area contributed by atoms with Crippen LogP contribution in [0.2, 0.25) is 5.02 Å². The van der Waals surface area contributed by atoms with E-state index in [1.165, 1.54) is 0 Å². The summed E-state index contributed by atoms with van der Waals surface area (Å²) in [5.41, 5.74) is 4.45. The van der Waals surface area contributed by atoms with Gasteiger partial charge in [0.25, 0.3) is 5.91 Å². The maximum Gasteiger partial charge on any atom is 0.266 e. The number of ether oxygens (including phenoxy) is 1. The Kier molecular flexibility index (Phi) is 5.44. The summed E-state index contributed by atoms with van der Waals surface area (Å²) in [6, 6.07) is 7.37. The molecule has 7 heteroatoms. The molecule has 2 fully saturated rings. The molecule has 2 N–H and O–H groups in total. The van der Waals surface area contributed by atoms with Gasteiger partial charge < -0.3 is 15.4 Å². The van der Waals surface area contributed by atoms with Gasteiger partial charge in [0.05, 0.1) is 0 Å². The van der Waals surface area contributed by atoms with E-state index in [0.29, 0.717) is 29.9 Å². The van der Waals surface area contributed by atoms with Gasteiger partial charge in [-0.3, -0.25) is 14.5 Å². The summed E-state index contributed by atoms with van der Waals surface area (Å²) in [6.07, 6.45) is 1.62. The lowest BCUT2D eigenvalue weighted by Gasteiger charge is -2.49. The van der Waals surface area contributed by atoms with Crippen LogP contribution in [0.25, 0.3) is 0 Å². The molecule has 0 saturated carbocycles. The van der Waals surface area contributed by atoms with Crippen LogP contribution in [-0.4, -0.2) is 59.4 Å². The summed E-state index contributed by atoms with van der Waals surface area (Å²) in [5, 5.41) is 0.632. The van der Waals surface area contributed by atoms with Crippen LogP contribution in [-0.2, 0) is 9.59 Å². The van der Waals surface area contributed by atoms with Crippen molar-refractivity contribution in [2.24, 2.45) is 11.7 Å². The third-order valence-corrected chi connectivity index (χ3v) is 5.55. The van der Waals surface area contributed by atoms with Crippen LogP contribution in [0.3, 0.4) is 0 Å². The van der Waals surface area contributed by atoms with E-state index >= 15 is 0 Å². The zero-order chi connectivity index (χ0) is 18.9. The maximum atomic E-state index is 12.8. The molecule has 2 aliphatic heterocycles. The molecule has 0 radical (unpaired) electrons. The number of benzene rings is 1. The average Bonchev–Trinajstić information content (AvgIpc) is 2.56. The molecule has 2 saturated heterocycles. The predicted molar refractivity (Wildman–Crippen MR) is 100 cm³/mol. The van der Waals surface area contributed by atoms with Crippen LogP contribution >= 0.6 is 11.6 Å². The fourth-order valence-corrected chi connectivity index (χ4v) is 3.75. The number of amides is 2. The minimum atomic E-state index is -0.933. The fourth-order valence-electron chi connectivity index (χ4n) is 3.62. The van der Waals surface area contributed by atoms with Gasteiger partial charge in [-0.25, -0.2) is 0 Å². The van der Waals surface area contributed by atoms with Crippen molar-refractivity contribution >= 4 is 23.4 Å². The average molecular weight is 380 g/mol. The second-order valence-electron chi connectivity index (χ2n) is 7.64. The van der Waals surface area contributed by atoms with Gasteiger partial charge in [0.2, 0.25) is 5.91 Å². The van der Waals surface area contributed by atoms with E-state index in [4.69, 9.17) is 22.1 Å². The summed E-state index contributed by atoms with van der Waals surface area (Å²) in [5.74, 6) is 0.404. The highest BCUT2D eigenvalue weighted by Crippen LogP contribution is 2.27. The predicted octanol–water partition coefficient (Wildman–Crippen LogP) is 1.91. The number of primary amides is 1. The van der Waals surface area contributed by atoms with E-state index < -0.39 is 5.60 Å². The van der Waals surface area contributed by atoms with Crippen molar-refractivity contribution in [3.63, 3.8) is 0 Å². The molecule has 6 nitrogen and oxygen atoms in total. The molecule has 0 bridgehead atoms. The van der Waals surface area contributed by atoms with Crippen molar-refractivity contribution < 1.29 is 14.3 Å². The van der Waals surface area contributed by atoms with Gasteiger partial charge in [-0.05, 0) is 64.0 Å². The van der Waals surface area contributed by atoms with Gasteiger partial charge in [-0.2, -0.15) is 0 Å². The van der Waals surface area contributed by atoms with Crippen molar-refractivity contribution in [3.05, 3.63) is 29.3 Å². The van der Waals surface area contributed by atoms with Gasteiger partial charge in [0, 0.05) is 30.1 Å². The highest BCUT2D eigenvalue weighted by molar-refractivity contribution is 6.30. The molecule has 0 atom stereocenters. The van der Waals surface area contributed by atoms with Gasteiger partial charge in [0.15, 0.2) is 5.60 Å². The summed E-state index contributed by atoms with van der Waals surface area (Å²) in [7, 11) is 0. The second-order valence-corrected chi connectivity index (χ2v) is 8.08. The summed E-state index contributed by atoms with van der Waals surface area (Å²) < 4.78 is 5.88. The Balaban J connectivity index is 1.49. The summed E-state index contributed by atoms with van der Waals surface area (Å²) in [6.45, 7) is 6.71. The third-order valence-electron chi connectivity index (χ3n) is 5.30. The van der Waals surface area contributed by atoms with E-state index in [9.17, 15) is 9.59 Å². The van der Waals surface area contributed by atoms with Crippen molar-refractivity contribution in [2.75, 3.05) is 26.2 Å². The number of halogens is 1. The lowest BCUT2D eigenvalue weighted by molar-refractivity contribution is -0.153. The molecule has 0 aliphatic carbocycles. The first-order chi connectivity index (χ1) is 12.3. The van der Waals surface area contributed by atoms with Crippen molar-refractivity contribution in [2.45, 2.75) is 38.3 Å². The molecule has 1 aromatic carbocycles.